The highest BCUT2D eigenvalue weighted by Gasteiger charge is 2.07. The van der Waals surface area contributed by atoms with Crippen LogP contribution in [0, 0.1) is 0 Å². The molecule has 4 nitrogen and oxygen atoms in total. The minimum atomic E-state index is 0.463. The average molecular weight is 351 g/mol. The quantitative estimate of drug-likeness (QED) is 0.829. The van der Waals surface area contributed by atoms with E-state index in [1.807, 2.05) is 30.3 Å². The first-order chi connectivity index (χ1) is 10.2. The van der Waals surface area contributed by atoms with E-state index in [4.69, 9.17) is 9.47 Å². The lowest BCUT2D eigenvalue weighted by Gasteiger charge is -2.11. The van der Waals surface area contributed by atoms with Crippen LogP contribution in [0.2, 0.25) is 0 Å². The van der Waals surface area contributed by atoms with Crippen LogP contribution in [-0.2, 0) is 13.2 Å². The molecule has 1 heterocycles. The number of ether oxygens (including phenoxy) is 2. The Morgan fingerprint density at radius 1 is 1.29 bits per heavy atom. The third-order valence-electron chi connectivity index (χ3n) is 2.97. The van der Waals surface area contributed by atoms with Gasteiger partial charge < -0.3 is 14.8 Å². The number of halogens is 1. The largest absolute Gasteiger partial charge is 0.497 e. The monoisotopic (exact) mass is 350 g/mol. The van der Waals surface area contributed by atoms with Gasteiger partial charge in [-0.1, -0.05) is 19.1 Å². The van der Waals surface area contributed by atoms with Crippen molar-refractivity contribution in [1.29, 1.82) is 0 Å². The number of nitrogens with one attached hydrogen (secondary N) is 1. The second-order valence-electron chi connectivity index (χ2n) is 4.54. The molecule has 2 aromatic rings. The number of hydrogen-bond acceptors (Lipinski definition) is 4. The summed E-state index contributed by atoms with van der Waals surface area (Å²) in [5.41, 5.74) is 2.09. The van der Waals surface area contributed by atoms with E-state index in [1.165, 1.54) is 0 Å². The predicted octanol–water partition coefficient (Wildman–Crippen LogP) is 3.54. The fourth-order valence-corrected chi connectivity index (χ4v) is 2.28. The Hall–Kier alpha value is -1.59. The van der Waals surface area contributed by atoms with E-state index in [0.29, 0.717) is 12.5 Å². The van der Waals surface area contributed by atoms with Crippen molar-refractivity contribution in [1.82, 2.24) is 10.3 Å². The van der Waals surface area contributed by atoms with Crippen molar-refractivity contribution in [2.75, 3.05) is 13.7 Å². The molecule has 0 aliphatic rings. The first kappa shape index (κ1) is 15.8. The second-order valence-corrected chi connectivity index (χ2v) is 5.45. The molecule has 5 heteroatoms. The van der Waals surface area contributed by atoms with E-state index in [2.05, 4.69) is 33.2 Å². The van der Waals surface area contributed by atoms with Crippen molar-refractivity contribution >= 4 is 15.9 Å². The molecule has 0 fully saturated rings. The third kappa shape index (κ3) is 4.72. The molecule has 1 aromatic carbocycles. The highest BCUT2D eigenvalue weighted by Crippen LogP contribution is 2.21. The van der Waals surface area contributed by atoms with Crippen LogP contribution in [0.3, 0.4) is 0 Å². The standard InChI is InChI=1S/C16H19BrN2O2/c1-3-18-9-13-8-14(17)10-19-16(13)21-11-12-5-4-6-15(7-12)20-2/h4-8,10,18H,3,9,11H2,1-2H3. The average Bonchev–Trinajstić information content (AvgIpc) is 2.52. The number of nitrogens with zero attached hydrogens (tertiary/aromatic N) is 1. The van der Waals surface area contributed by atoms with Crippen LogP contribution in [0.4, 0.5) is 0 Å². The summed E-state index contributed by atoms with van der Waals surface area (Å²) in [5, 5.41) is 3.29. The van der Waals surface area contributed by atoms with Crippen molar-refractivity contribution in [2.45, 2.75) is 20.1 Å². The van der Waals surface area contributed by atoms with Crippen molar-refractivity contribution in [3.05, 3.63) is 52.1 Å². The normalized spacial score (nSPS) is 10.4. The lowest BCUT2D eigenvalue weighted by Crippen LogP contribution is -2.13. The zero-order valence-electron chi connectivity index (χ0n) is 12.2. The van der Waals surface area contributed by atoms with E-state index in [0.717, 1.165) is 34.4 Å². The van der Waals surface area contributed by atoms with Gasteiger partial charge >= 0.3 is 0 Å². The lowest BCUT2D eigenvalue weighted by molar-refractivity contribution is 0.288. The second kappa shape index (κ2) is 8.00. The van der Waals surface area contributed by atoms with Gasteiger partial charge in [-0.05, 0) is 46.2 Å². The molecule has 0 amide bonds. The van der Waals surface area contributed by atoms with Crippen LogP contribution in [0.5, 0.6) is 11.6 Å². The molecule has 112 valence electrons. The molecule has 0 aliphatic heterocycles. The molecule has 0 saturated heterocycles. The molecule has 0 aliphatic carbocycles. The summed E-state index contributed by atoms with van der Waals surface area (Å²) in [6, 6.07) is 9.86. The highest BCUT2D eigenvalue weighted by molar-refractivity contribution is 9.10. The Kier molecular flexibility index (Phi) is 6.02. The lowest BCUT2D eigenvalue weighted by atomic mass is 10.2. The van der Waals surface area contributed by atoms with Gasteiger partial charge in [0.1, 0.15) is 12.4 Å². The van der Waals surface area contributed by atoms with Crippen LogP contribution >= 0.6 is 15.9 Å². The Morgan fingerprint density at radius 2 is 2.14 bits per heavy atom. The molecule has 0 spiro atoms. The summed E-state index contributed by atoms with van der Waals surface area (Å²) in [4.78, 5) is 4.35. The summed E-state index contributed by atoms with van der Waals surface area (Å²) >= 11 is 3.44. The first-order valence-corrected chi connectivity index (χ1v) is 7.63. The van der Waals surface area contributed by atoms with Gasteiger partial charge in [-0.25, -0.2) is 4.98 Å². The Balaban J connectivity index is 2.07. The van der Waals surface area contributed by atoms with Gasteiger partial charge in [0.05, 0.1) is 7.11 Å². The topological polar surface area (TPSA) is 43.4 Å². The maximum absolute atomic E-state index is 5.85. The van der Waals surface area contributed by atoms with Gasteiger partial charge in [0.15, 0.2) is 0 Å². The number of rotatable bonds is 7. The van der Waals surface area contributed by atoms with Gasteiger partial charge in [-0.2, -0.15) is 0 Å². The molecule has 1 N–H and O–H groups in total. The van der Waals surface area contributed by atoms with Crippen molar-refractivity contribution in [2.24, 2.45) is 0 Å². The Morgan fingerprint density at radius 3 is 2.90 bits per heavy atom. The van der Waals surface area contributed by atoms with E-state index >= 15 is 0 Å². The van der Waals surface area contributed by atoms with E-state index in [9.17, 15) is 0 Å². The molecule has 0 bridgehead atoms. The van der Waals surface area contributed by atoms with Crippen molar-refractivity contribution in [3.63, 3.8) is 0 Å². The van der Waals surface area contributed by atoms with Gasteiger partial charge in [0.2, 0.25) is 5.88 Å². The molecule has 0 unspecified atom stereocenters. The van der Waals surface area contributed by atoms with E-state index < -0.39 is 0 Å². The summed E-state index contributed by atoms with van der Waals surface area (Å²) in [5.74, 6) is 1.48. The van der Waals surface area contributed by atoms with Crippen LogP contribution < -0.4 is 14.8 Å². The number of aromatic nitrogens is 1. The predicted molar refractivity (Wildman–Crippen MR) is 86.6 cm³/mol. The van der Waals surface area contributed by atoms with E-state index in [-0.39, 0.29) is 0 Å². The third-order valence-corrected chi connectivity index (χ3v) is 3.40. The van der Waals surface area contributed by atoms with E-state index in [1.54, 1.807) is 13.3 Å². The van der Waals surface area contributed by atoms with Crippen molar-refractivity contribution < 1.29 is 9.47 Å². The zero-order chi connectivity index (χ0) is 15.1. The molecule has 21 heavy (non-hydrogen) atoms. The molecular weight excluding hydrogens is 332 g/mol. The number of benzene rings is 1. The Bertz CT molecular complexity index is 590. The molecular formula is C16H19BrN2O2. The van der Waals surface area contributed by atoms with Gasteiger partial charge in [-0.15, -0.1) is 0 Å². The Labute approximate surface area is 133 Å². The fraction of sp³-hybridized carbons (Fsp3) is 0.312. The minimum absolute atomic E-state index is 0.463. The maximum atomic E-state index is 5.85. The first-order valence-electron chi connectivity index (χ1n) is 6.83. The number of hydrogen-bond donors (Lipinski definition) is 1. The van der Waals surface area contributed by atoms with Crippen LogP contribution in [0.25, 0.3) is 0 Å². The zero-order valence-corrected chi connectivity index (χ0v) is 13.8. The number of pyridine rings is 1. The molecule has 0 saturated carbocycles. The SMILES string of the molecule is CCNCc1cc(Br)cnc1OCc1cccc(OC)c1. The molecule has 2 rings (SSSR count). The van der Waals surface area contributed by atoms with Gasteiger partial charge in [0.25, 0.3) is 0 Å². The highest BCUT2D eigenvalue weighted by atomic mass is 79.9. The maximum Gasteiger partial charge on any atom is 0.218 e. The molecule has 0 radical (unpaired) electrons. The van der Waals surface area contributed by atoms with Gasteiger partial charge in [-0.3, -0.25) is 0 Å². The molecule has 1 aromatic heterocycles. The summed E-state index contributed by atoms with van der Waals surface area (Å²) in [7, 11) is 1.66. The fourth-order valence-electron chi connectivity index (χ4n) is 1.90. The van der Waals surface area contributed by atoms with Crippen LogP contribution in [0.1, 0.15) is 18.1 Å². The summed E-state index contributed by atoms with van der Waals surface area (Å²) < 4.78 is 12.0. The summed E-state index contributed by atoms with van der Waals surface area (Å²) in [6.07, 6.45) is 1.75. The summed E-state index contributed by atoms with van der Waals surface area (Å²) in [6.45, 7) is 4.17. The smallest absolute Gasteiger partial charge is 0.218 e. The van der Waals surface area contributed by atoms with Crippen LogP contribution in [0.15, 0.2) is 41.0 Å². The minimum Gasteiger partial charge on any atom is -0.497 e. The van der Waals surface area contributed by atoms with Crippen LogP contribution in [-0.4, -0.2) is 18.6 Å². The van der Waals surface area contributed by atoms with Crippen molar-refractivity contribution in [3.8, 4) is 11.6 Å². The van der Waals surface area contributed by atoms with Gasteiger partial charge in [0, 0.05) is 22.8 Å². The molecule has 0 atom stereocenters. The number of methoxy groups -OCH3 is 1.